The van der Waals surface area contributed by atoms with Crippen molar-refractivity contribution in [1.29, 1.82) is 0 Å². The van der Waals surface area contributed by atoms with Gasteiger partial charge in [0.25, 0.3) is 0 Å². The molecule has 2 N–H and O–H groups in total. The SMILES string of the molecule is CCc1c(C2CCCOC2)noc1N. The standard InChI is InChI=1S/C10H16N2O2/c1-2-8-9(12-14-10(8)11)7-4-3-5-13-6-7/h7H,2-6,11H2,1H3. The highest BCUT2D eigenvalue weighted by Gasteiger charge is 2.23. The average Bonchev–Trinajstić information content (AvgIpc) is 2.61. The van der Waals surface area contributed by atoms with E-state index in [0.717, 1.165) is 43.7 Å². The normalized spacial score (nSPS) is 22.5. The minimum Gasteiger partial charge on any atom is -0.381 e. The van der Waals surface area contributed by atoms with Crippen LogP contribution in [0.2, 0.25) is 0 Å². The van der Waals surface area contributed by atoms with Crippen molar-refractivity contribution < 1.29 is 9.26 Å². The number of hydrogen-bond acceptors (Lipinski definition) is 4. The van der Waals surface area contributed by atoms with E-state index in [1.54, 1.807) is 0 Å². The van der Waals surface area contributed by atoms with Crippen LogP contribution in [-0.4, -0.2) is 18.4 Å². The third kappa shape index (κ3) is 1.62. The molecule has 0 radical (unpaired) electrons. The van der Waals surface area contributed by atoms with Gasteiger partial charge in [0.05, 0.1) is 12.3 Å². The summed E-state index contributed by atoms with van der Waals surface area (Å²) in [5, 5.41) is 4.03. The third-order valence-electron chi connectivity index (χ3n) is 2.75. The molecule has 1 atom stereocenters. The van der Waals surface area contributed by atoms with Gasteiger partial charge in [0, 0.05) is 18.1 Å². The molecule has 2 rings (SSSR count). The molecule has 0 aliphatic carbocycles. The molecule has 1 saturated heterocycles. The van der Waals surface area contributed by atoms with Gasteiger partial charge in [-0.15, -0.1) is 0 Å². The van der Waals surface area contributed by atoms with Crippen molar-refractivity contribution >= 4 is 5.88 Å². The average molecular weight is 196 g/mol. The van der Waals surface area contributed by atoms with Crippen LogP contribution in [0.3, 0.4) is 0 Å². The zero-order chi connectivity index (χ0) is 9.97. The Morgan fingerprint density at radius 2 is 2.43 bits per heavy atom. The van der Waals surface area contributed by atoms with Crippen LogP contribution in [0.25, 0.3) is 0 Å². The highest BCUT2D eigenvalue weighted by molar-refractivity contribution is 5.40. The van der Waals surface area contributed by atoms with Crippen molar-refractivity contribution in [3.05, 3.63) is 11.3 Å². The first-order valence-electron chi connectivity index (χ1n) is 5.14. The second-order valence-electron chi connectivity index (χ2n) is 3.68. The molecule has 0 spiro atoms. The van der Waals surface area contributed by atoms with Gasteiger partial charge in [-0.1, -0.05) is 12.1 Å². The Labute approximate surface area is 83.4 Å². The van der Waals surface area contributed by atoms with Crippen molar-refractivity contribution in [2.75, 3.05) is 18.9 Å². The zero-order valence-electron chi connectivity index (χ0n) is 8.45. The molecule has 14 heavy (non-hydrogen) atoms. The van der Waals surface area contributed by atoms with E-state index in [0.29, 0.717) is 11.8 Å². The third-order valence-corrected chi connectivity index (χ3v) is 2.75. The number of rotatable bonds is 2. The maximum Gasteiger partial charge on any atom is 0.225 e. The van der Waals surface area contributed by atoms with E-state index in [9.17, 15) is 0 Å². The molecule has 0 bridgehead atoms. The first-order chi connectivity index (χ1) is 6.83. The summed E-state index contributed by atoms with van der Waals surface area (Å²) in [5.74, 6) is 0.841. The Hall–Kier alpha value is -1.03. The number of aromatic nitrogens is 1. The molecule has 1 fully saturated rings. The Bertz CT molecular complexity index is 303. The number of nitrogens with zero attached hydrogens (tertiary/aromatic N) is 1. The van der Waals surface area contributed by atoms with Crippen LogP contribution in [0.1, 0.15) is 36.9 Å². The quantitative estimate of drug-likeness (QED) is 0.782. The summed E-state index contributed by atoms with van der Waals surface area (Å²) in [6, 6.07) is 0. The summed E-state index contributed by atoms with van der Waals surface area (Å²) in [6.07, 6.45) is 3.10. The first kappa shape index (κ1) is 9.52. The lowest BCUT2D eigenvalue weighted by atomic mass is 9.95. The van der Waals surface area contributed by atoms with Crippen molar-refractivity contribution in [2.24, 2.45) is 0 Å². The molecular formula is C10H16N2O2. The molecule has 4 heteroatoms. The second-order valence-corrected chi connectivity index (χ2v) is 3.68. The lowest BCUT2D eigenvalue weighted by Gasteiger charge is -2.20. The fourth-order valence-corrected chi connectivity index (χ4v) is 1.97. The van der Waals surface area contributed by atoms with E-state index in [4.69, 9.17) is 15.0 Å². The van der Waals surface area contributed by atoms with Gasteiger partial charge in [0.15, 0.2) is 0 Å². The monoisotopic (exact) mass is 196 g/mol. The zero-order valence-corrected chi connectivity index (χ0v) is 8.45. The summed E-state index contributed by atoms with van der Waals surface area (Å²) >= 11 is 0. The molecule has 1 aromatic heterocycles. The molecule has 0 amide bonds. The Morgan fingerprint density at radius 1 is 1.57 bits per heavy atom. The molecule has 4 nitrogen and oxygen atoms in total. The number of nitrogen functional groups attached to an aromatic ring is 1. The smallest absolute Gasteiger partial charge is 0.225 e. The molecule has 78 valence electrons. The Balaban J connectivity index is 2.21. The minimum atomic E-state index is 0.375. The van der Waals surface area contributed by atoms with Gasteiger partial charge in [-0.3, -0.25) is 0 Å². The molecule has 1 unspecified atom stereocenters. The summed E-state index contributed by atoms with van der Waals surface area (Å²) in [4.78, 5) is 0. The lowest BCUT2D eigenvalue weighted by molar-refractivity contribution is 0.0781. The van der Waals surface area contributed by atoms with Gasteiger partial charge in [-0.25, -0.2) is 0 Å². The summed E-state index contributed by atoms with van der Waals surface area (Å²) in [6.45, 7) is 3.68. The van der Waals surface area contributed by atoms with Gasteiger partial charge in [0.2, 0.25) is 5.88 Å². The first-order valence-corrected chi connectivity index (χ1v) is 5.14. The predicted octanol–water partition coefficient (Wildman–Crippen LogP) is 1.71. The highest BCUT2D eigenvalue weighted by Crippen LogP contribution is 2.30. The van der Waals surface area contributed by atoms with Crippen molar-refractivity contribution in [3.63, 3.8) is 0 Å². The predicted molar refractivity (Wildman–Crippen MR) is 53.1 cm³/mol. The van der Waals surface area contributed by atoms with Crippen LogP contribution in [-0.2, 0) is 11.2 Å². The van der Waals surface area contributed by atoms with E-state index < -0.39 is 0 Å². The minimum absolute atomic E-state index is 0.375. The van der Waals surface area contributed by atoms with E-state index >= 15 is 0 Å². The molecule has 1 aliphatic heterocycles. The van der Waals surface area contributed by atoms with Gasteiger partial charge >= 0.3 is 0 Å². The van der Waals surface area contributed by atoms with Gasteiger partial charge < -0.3 is 15.0 Å². The number of hydrogen-bond donors (Lipinski definition) is 1. The Morgan fingerprint density at radius 3 is 3.07 bits per heavy atom. The second kappa shape index (κ2) is 4.00. The molecular weight excluding hydrogens is 180 g/mol. The van der Waals surface area contributed by atoms with Crippen LogP contribution < -0.4 is 5.73 Å². The summed E-state index contributed by atoms with van der Waals surface area (Å²) in [5.41, 5.74) is 7.75. The highest BCUT2D eigenvalue weighted by atomic mass is 16.5. The van der Waals surface area contributed by atoms with Gasteiger partial charge in [-0.2, -0.15) is 0 Å². The summed E-state index contributed by atoms with van der Waals surface area (Å²) in [7, 11) is 0. The van der Waals surface area contributed by atoms with Crippen LogP contribution in [0, 0.1) is 0 Å². The number of anilines is 1. The van der Waals surface area contributed by atoms with E-state index in [2.05, 4.69) is 12.1 Å². The van der Waals surface area contributed by atoms with E-state index in [1.807, 2.05) is 0 Å². The van der Waals surface area contributed by atoms with Crippen molar-refractivity contribution in [2.45, 2.75) is 32.1 Å². The fraction of sp³-hybridized carbons (Fsp3) is 0.700. The molecule has 1 aliphatic rings. The Kier molecular flexibility index (Phi) is 2.72. The topological polar surface area (TPSA) is 61.3 Å². The largest absolute Gasteiger partial charge is 0.381 e. The number of nitrogens with two attached hydrogens (primary N) is 1. The van der Waals surface area contributed by atoms with Gasteiger partial charge in [0.1, 0.15) is 0 Å². The number of ether oxygens (including phenoxy) is 1. The van der Waals surface area contributed by atoms with Crippen LogP contribution >= 0.6 is 0 Å². The lowest BCUT2D eigenvalue weighted by Crippen LogP contribution is -2.17. The van der Waals surface area contributed by atoms with Crippen LogP contribution in [0.4, 0.5) is 5.88 Å². The molecule has 1 aromatic rings. The molecule has 0 aromatic carbocycles. The van der Waals surface area contributed by atoms with Crippen LogP contribution in [0.5, 0.6) is 0 Å². The van der Waals surface area contributed by atoms with E-state index in [1.165, 1.54) is 0 Å². The van der Waals surface area contributed by atoms with Crippen LogP contribution in [0.15, 0.2) is 4.52 Å². The van der Waals surface area contributed by atoms with E-state index in [-0.39, 0.29) is 0 Å². The van der Waals surface area contributed by atoms with Crippen molar-refractivity contribution in [1.82, 2.24) is 5.16 Å². The summed E-state index contributed by atoms with van der Waals surface area (Å²) < 4.78 is 10.4. The maximum absolute atomic E-state index is 5.69. The maximum atomic E-state index is 5.69. The van der Waals surface area contributed by atoms with Gasteiger partial charge in [-0.05, 0) is 19.3 Å². The fourth-order valence-electron chi connectivity index (χ4n) is 1.97. The van der Waals surface area contributed by atoms with Crippen molar-refractivity contribution in [3.8, 4) is 0 Å². The molecule has 2 heterocycles. The molecule has 0 saturated carbocycles.